The van der Waals surface area contributed by atoms with E-state index in [1.165, 1.54) is 0 Å². The van der Waals surface area contributed by atoms with Crippen LogP contribution in [-0.4, -0.2) is 16.7 Å². The fraction of sp³-hybridized carbons (Fsp3) is 0.167. The number of fused-ring (bicyclic) bond motifs is 1. The van der Waals surface area contributed by atoms with Crippen molar-refractivity contribution in [3.05, 3.63) is 107 Å². The van der Waals surface area contributed by atoms with E-state index in [9.17, 15) is 9.59 Å². The van der Waals surface area contributed by atoms with Crippen LogP contribution in [0.4, 0.5) is 0 Å². The van der Waals surface area contributed by atoms with Gasteiger partial charge in [-0.05, 0) is 29.7 Å². The number of nitrogens with zero attached hydrogens (tertiary/aromatic N) is 1. The zero-order valence-corrected chi connectivity index (χ0v) is 15.7. The van der Waals surface area contributed by atoms with Gasteiger partial charge in [-0.15, -0.1) is 0 Å². The van der Waals surface area contributed by atoms with Crippen molar-refractivity contribution in [3.63, 3.8) is 0 Å². The summed E-state index contributed by atoms with van der Waals surface area (Å²) >= 11 is 0. The molecule has 0 bridgehead atoms. The molecular weight excluding hydrogens is 348 g/mol. The molecule has 4 nitrogen and oxygen atoms in total. The summed E-state index contributed by atoms with van der Waals surface area (Å²) in [5.41, 5.74) is 3.40. The Bertz CT molecular complexity index is 986. The molecule has 2 amide bonds. The van der Waals surface area contributed by atoms with Gasteiger partial charge in [0.05, 0.1) is 6.04 Å². The second kappa shape index (κ2) is 7.69. The maximum atomic E-state index is 13.2. The van der Waals surface area contributed by atoms with Crippen LogP contribution >= 0.6 is 0 Å². The first kappa shape index (κ1) is 18.0. The molecule has 1 aliphatic rings. The number of rotatable bonds is 5. The van der Waals surface area contributed by atoms with Crippen molar-refractivity contribution in [2.75, 3.05) is 0 Å². The van der Waals surface area contributed by atoms with Gasteiger partial charge in [-0.25, -0.2) is 0 Å². The third-order valence-electron chi connectivity index (χ3n) is 5.26. The molecule has 2 atom stereocenters. The monoisotopic (exact) mass is 370 g/mol. The summed E-state index contributed by atoms with van der Waals surface area (Å²) in [6, 6.07) is 26.1. The average Bonchev–Trinajstić information content (AvgIpc) is 3.05. The Morgan fingerprint density at radius 1 is 0.929 bits per heavy atom. The molecule has 1 heterocycles. The van der Waals surface area contributed by atoms with Gasteiger partial charge in [-0.2, -0.15) is 0 Å². The van der Waals surface area contributed by atoms with Crippen LogP contribution in [0.25, 0.3) is 0 Å². The average molecular weight is 370 g/mol. The van der Waals surface area contributed by atoms with Crippen molar-refractivity contribution in [1.82, 2.24) is 10.2 Å². The van der Waals surface area contributed by atoms with E-state index >= 15 is 0 Å². The first-order valence-corrected chi connectivity index (χ1v) is 9.45. The summed E-state index contributed by atoms with van der Waals surface area (Å²) in [5, 5.41) is 3.01. The molecule has 1 N–H and O–H groups in total. The quantitative estimate of drug-likeness (QED) is 0.729. The molecular formula is C24H22N2O2. The van der Waals surface area contributed by atoms with Crippen molar-refractivity contribution in [1.29, 1.82) is 0 Å². The maximum absolute atomic E-state index is 13.2. The topological polar surface area (TPSA) is 49.4 Å². The summed E-state index contributed by atoms with van der Waals surface area (Å²) in [6.45, 7) is 2.40. The third kappa shape index (κ3) is 3.29. The number of amides is 2. The first-order chi connectivity index (χ1) is 13.7. The molecule has 0 saturated carbocycles. The van der Waals surface area contributed by atoms with Gasteiger partial charge in [-0.3, -0.25) is 9.59 Å². The molecule has 4 heteroatoms. The molecule has 3 aromatic carbocycles. The van der Waals surface area contributed by atoms with E-state index in [1.54, 1.807) is 11.0 Å². The SMILES string of the molecule is C[C@H](c1ccccc1)N1C(=O)c2ccccc2[C@@H]1C(=O)NCc1ccccc1. The Balaban J connectivity index is 1.64. The van der Waals surface area contributed by atoms with Crippen molar-refractivity contribution in [2.45, 2.75) is 25.6 Å². The zero-order valence-electron chi connectivity index (χ0n) is 15.7. The Kier molecular flexibility index (Phi) is 4.94. The van der Waals surface area contributed by atoms with Gasteiger partial charge in [0.25, 0.3) is 5.91 Å². The minimum absolute atomic E-state index is 0.105. The number of benzene rings is 3. The van der Waals surface area contributed by atoms with Crippen LogP contribution in [0.3, 0.4) is 0 Å². The van der Waals surface area contributed by atoms with Crippen molar-refractivity contribution in [2.24, 2.45) is 0 Å². The highest BCUT2D eigenvalue weighted by Crippen LogP contribution is 2.39. The molecule has 0 saturated heterocycles. The van der Waals surface area contributed by atoms with Crippen LogP contribution in [0.1, 0.15) is 46.1 Å². The van der Waals surface area contributed by atoms with Gasteiger partial charge in [0.2, 0.25) is 5.91 Å². The smallest absolute Gasteiger partial charge is 0.255 e. The molecule has 28 heavy (non-hydrogen) atoms. The largest absolute Gasteiger partial charge is 0.350 e. The third-order valence-corrected chi connectivity index (χ3v) is 5.26. The highest BCUT2D eigenvalue weighted by molar-refractivity contribution is 6.04. The van der Waals surface area contributed by atoms with Crippen molar-refractivity contribution >= 4 is 11.8 Å². The fourth-order valence-electron chi connectivity index (χ4n) is 3.78. The number of hydrogen-bond donors (Lipinski definition) is 1. The predicted octanol–water partition coefficient (Wildman–Crippen LogP) is 4.26. The lowest BCUT2D eigenvalue weighted by Crippen LogP contribution is -2.40. The Morgan fingerprint density at radius 3 is 2.25 bits per heavy atom. The summed E-state index contributed by atoms with van der Waals surface area (Å²) in [5.74, 6) is -0.267. The van der Waals surface area contributed by atoms with Gasteiger partial charge in [0, 0.05) is 12.1 Å². The Morgan fingerprint density at radius 2 is 1.54 bits per heavy atom. The second-order valence-corrected chi connectivity index (χ2v) is 6.99. The van der Waals surface area contributed by atoms with E-state index in [0.717, 1.165) is 16.7 Å². The van der Waals surface area contributed by atoms with Crippen molar-refractivity contribution < 1.29 is 9.59 Å². The molecule has 4 rings (SSSR count). The molecule has 3 aromatic rings. The van der Waals surface area contributed by atoms with Gasteiger partial charge in [0.1, 0.15) is 6.04 Å². The lowest BCUT2D eigenvalue weighted by Gasteiger charge is -2.31. The van der Waals surface area contributed by atoms with E-state index < -0.39 is 6.04 Å². The number of hydrogen-bond acceptors (Lipinski definition) is 2. The van der Waals surface area contributed by atoms with Gasteiger partial charge < -0.3 is 10.2 Å². The predicted molar refractivity (Wildman–Crippen MR) is 108 cm³/mol. The lowest BCUT2D eigenvalue weighted by molar-refractivity contribution is -0.126. The Labute approximate surface area is 164 Å². The minimum Gasteiger partial charge on any atom is -0.350 e. The van der Waals surface area contributed by atoms with E-state index in [0.29, 0.717) is 12.1 Å². The molecule has 140 valence electrons. The van der Waals surface area contributed by atoms with E-state index in [4.69, 9.17) is 0 Å². The molecule has 0 spiro atoms. The van der Waals surface area contributed by atoms with Crippen LogP contribution in [0.2, 0.25) is 0 Å². The number of carbonyl (C=O) groups excluding carboxylic acids is 2. The van der Waals surface area contributed by atoms with Crippen molar-refractivity contribution in [3.8, 4) is 0 Å². The van der Waals surface area contributed by atoms with Crippen LogP contribution < -0.4 is 5.32 Å². The van der Waals surface area contributed by atoms with Crippen LogP contribution in [0, 0.1) is 0 Å². The number of carbonyl (C=O) groups is 2. The molecule has 0 aromatic heterocycles. The molecule has 1 aliphatic heterocycles. The fourth-order valence-corrected chi connectivity index (χ4v) is 3.78. The second-order valence-electron chi connectivity index (χ2n) is 6.99. The molecule has 0 aliphatic carbocycles. The van der Waals surface area contributed by atoms with E-state index in [-0.39, 0.29) is 17.9 Å². The zero-order chi connectivity index (χ0) is 19.5. The van der Waals surface area contributed by atoms with Gasteiger partial charge in [-0.1, -0.05) is 78.9 Å². The highest BCUT2D eigenvalue weighted by atomic mass is 16.2. The summed E-state index contributed by atoms with van der Waals surface area (Å²) in [4.78, 5) is 28.0. The van der Waals surface area contributed by atoms with Crippen LogP contribution in [-0.2, 0) is 11.3 Å². The van der Waals surface area contributed by atoms with E-state index in [1.807, 2.05) is 85.8 Å². The minimum atomic E-state index is -0.636. The molecule has 0 radical (unpaired) electrons. The van der Waals surface area contributed by atoms with E-state index in [2.05, 4.69) is 5.32 Å². The van der Waals surface area contributed by atoms with Crippen LogP contribution in [0.15, 0.2) is 84.9 Å². The Hall–Kier alpha value is -3.40. The van der Waals surface area contributed by atoms with Gasteiger partial charge >= 0.3 is 0 Å². The maximum Gasteiger partial charge on any atom is 0.255 e. The van der Waals surface area contributed by atoms with Gasteiger partial charge in [0.15, 0.2) is 0 Å². The first-order valence-electron chi connectivity index (χ1n) is 9.45. The summed E-state index contributed by atoms with van der Waals surface area (Å²) in [6.07, 6.45) is 0. The molecule has 0 fully saturated rings. The normalized spacial score (nSPS) is 16.5. The highest BCUT2D eigenvalue weighted by Gasteiger charge is 2.43. The van der Waals surface area contributed by atoms with Crippen LogP contribution in [0.5, 0.6) is 0 Å². The lowest BCUT2D eigenvalue weighted by atomic mass is 10.0. The standard InChI is InChI=1S/C24H22N2O2/c1-17(19-12-6-3-7-13-19)26-22(20-14-8-9-15-21(20)24(26)28)23(27)25-16-18-10-4-2-5-11-18/h2-15,17,22H,16H2,1H3,(H,25,27)/t17-,22-/m1/s1. The summed E-state index contributed by atoms with van der Waals surface area (Å²) < 4.78 is 0. The number of nitrogens with one attached hydrogen (secondary N) is 1. The molecule has 0 unspecified atom stereocenters. The summed E-state index contributed by atoms with van der Waals surface area (Å²) in [7, 11) is 0.